The van der Waals surface area contributed by atoms with E-state index in [9.17, 15) is 14.4 Å². The number of amides is 3. The molecule has 2 rings (SSSR count). The monoisotopic (exact) mass is 223 g/mol. The molecule has 2 aliphatic rings. The maximum atomic E-state index is 11.5. The predicted molar refractivity (Wildman–Crippen MR) is 50.7 cm³/mol. The van der Waals surface area contributed by atoms with Gasteiger partial charge in [0.2, 0.25) is 17.7 Å². The number of hydrogen-bond acceptors (Lipinski definition) is 4. The van der Waals surface area contributed by atoms with E-state index in [0.717, 1.165) is 0 Å². The Morgan fingerprint density at radius 3 is 2.50 bits per heavy atom. The summed E-state index contributed by atoms with van der Waals surface area (Å²) in [5.74, 6) is -1.89. The fourth-order valence-electron chi connectivity index (χ4n) is 2.04. The van der Waals surface area contributed by atoms with Crippen LogP contribution in [0.4, 0.5) is 0 Å². The normalized spacial score (nSPS) is 27.4. The first-order chi connectivity index (χ1) is 7.63. The Hall–Kier alpha value is -2.08. The minimum absolute atomic E-state index is 0.224. The molecule has 2 atom stereocenters. The first-order valence-electron chi connectivity index (χ1n) is 4.77. The zero-order chi connectivity index (χ0) is 11.7. The van der Waals surface area contributed by atoms with E-state index in [1.54, 1.807) is 0 Å². The summed E-state index contributed by atoms with van der Waals surface area (Å²) >= 11 is 0. The molecule has 2 aliphatic heterocycles. The van der Waals surface area contributed by atoms with Crippen LogP contribution in [0.3, 0.4) is 0 Å². The fraction of sp³-hybridized carbons (Fsp3) is 0.625. The number of hydrogen-bond donors (Lipinski definition) is 1. The van der Waals surface area contributed by atoms with Crippen LogP contribution in [0.2, 0.25) is 0 Å². The Balaban J connectivity index is 2.03. The lowest BCUT2D eigenvalue weighted by Gasteiger charge is -2.15. The summed E-state index contributed by atoms with van der Waals surface area (Å²) < 4.78 is 0. The van der Waals surface area contributed by atoms with Gasteiger partial charge in [0.1, 0.15) is 6.54 Å². The minimum atomic E-state index is -0.442. The van der Waals surface area contributed by atoms with Gasteiger partial charge in [-0.15, -0.1) is 0 Å². The van der Waals surface area contributed by atoms with E-state index in [1.165, 1.54) is 4.90 Å². The molecule has 0 spiro atoms. The van der Waals surface area contributed by atoms with Gasteiger partial charge in [-0.25, -0.2) is 0 Å². The van der Waals surface area contributed by atoms with Crippen molar-refractivity contribution in [1.82, 2.24) is 10.2 Å². The van der Waals surface area contributed by atoms with Crippen LogP contribution in [0.5, 0.6) is 0 Å². The standard InChI is InChI=1S/C8H9N5O3/c9-12-10-1-6(14)13-2-4-5(3-13)8(16)11-7(4)15/h4-5H,1-3H2,(H,11,15,16). The number of azide groups is 1. The molecule has 0 saturated carbocycles. The number of likely N-dealkylation sites (tertiary alicyclic amines) is 1. The quantitative estimate of drug-likeness (QED) is 0.281. The van der Waals surface area contributed by atoms with Gasteiger partial charge in [-0.2, -0.15) is 0 Å². The summed E-state index contributed by atoms with van der Waals surface area (Å²) in [7, 11) is 0. The van der Waals surface area contributed by atoms with Crippen molar-refractivity contribution in [3.8, 4) is 0 Å². The van der Waals surface area contributed by atoms with Gasteiger partial charge in [0.05, 0.1) is 11.8 Å². The first-order valence-corrected chi connectivity index (χ1v) is 4.77. The molecule has 2 fully saturated rings. The topological polar surface area (TPSA) is 115 Å². The number of nitrogens with zero attached hydrogens (tertiary/aromatic N) is 4. The Morgan fingerprint density at radius 1 is 1.44 bits per heavy atom. The van der Waals surface area contributed by atoms with Crippen molar-refractivity contribution in [3.63, 3.8) is 0 Å². The van der Waals surface area contributed by atoms with E-state index >= 15 is 0 Å². The molecule has 2 saturated heterocycles. The molecule has 0 bridgehead atoms. The Morgan fingerprint density at radius 2 is 2.00 bits per heavy atom. The zero-order valence-electron chi connectivity index (χ0n) is 8.29. The largest absolute Gasteiger partial charge is 0.341 e. The lowest BCUT2D eigenvalue weighted by molar-refractivity contribution is -0.130. The highest BCUT2D eigenvalue weighted by atomic mass is 16.2. The second-order valence-corrected chi connectivity index (χ2v) is 3.75. The fourth-order valence-corrected chi connectivity index (χ4v) is 2.04. The molecule has 8 nitrogen and oxygen atoms in total. The number of fused-ring (bicyclic) bond motifs is 1. The summed E-state index contributed by atoms with van der Waals surface area (Å²) in [6, 6.07) is 0. The van der Waals surface area contributed by atoms with Gasteiger partial charge in [-0.05, 0) is 5.53 Å². The Labute approximate surface area is 90.2 Å². The van der Waals surface area contributed by atoms with Crippen LogP contribution in [-0.4, -0.2) is 42.3 Å². The van der Waals surface area contributed by atoms with Crippen molar-refractivity contribution >= 4 is 17.7 Å². The van der Waals surface area contributed by atoms with Crippen molar-refractivity contribution in [2.75, 3.05) is 19.6 Å². The van der Waals surface area contributed by atoms with E-state index in [4.69, 9.17) is 5.53 Å². The lowest BCUT2D eigenvalue weighted by Crippen LogP contribution is -2.36. The minimum Gasteiger partial charge on any atom is -0.341 e. The molecular weight excluding hydrogens is 214 g/mol. The molecule has 0 aromatic heterocycles. The van der Waals surface area contributed by atoms with Gasteiger partial charge in [0.15, 0.2) is 0 Å². The van der Waals surface area contributed by atoms with E-state index in [-0.39, 0.29) is 37.4 Å². The lowest BCUT2D eigenvalue weighted by atomic mass is 10.00. The average Bonchev–Trinajstić information content (AvgIpc) is 2.79. The van der Waals surface area contributed by atoms with Crippen molar-refractivity contribution in [3.05, 3.63) is 10.4 Å². The van der Waals surface area contributed by atoms with Crippen LogP contribution < -0.4 is 5.32 Å². The molecule has 1 N–H and O–H groups in total. The van der Waals surface area contributed by atoms with Crippen molar-refractivity contribution in [2.24, 2.45) is 17.0 Å². The van der Waals surface area contributed by atoms with Crippen LogP contribution in [0, 0.1) is 11.8 Å². The highest BCUT2D eigenvalue weighted by Gasteiger charge is 2.48. The van der Waals surface area contributed by atoms with Crippen LogP contribution in [0.1, 0.15) is 0 Å². The van der Waals surface area contributed by atoms with Crippen LogP contribution in [-0.2, 0) is 14.4 Å². The molecule has 8 heteroatoms. The number of carbonyl (C=O) groups is 3. The number of carbonyl (C=O) groups excluding carboxylic acids is 3. The molecular formula is C8H9N5O3. The highest BCUT2D eigenvalue weighted by Crippen LogP contribution is 2.28. The second kappa shape index (κ2) is 3.82. The predicted octanol–water partition coefficient (Wildman–Crippen LogP) is -0.972. The highest BCUT2D eigenvalue weighted by molar-refractivity contribution is 6.06. The van der Waals surface area contributed by atoms with E-state index in [1.807, 2.05) is 0 Å². The third kappa shape index (κ3) is 1.59. The second-order valence-electron chi connectivity index (χ2n) is 3.75. The van der Waals surface area contributed by atoms with Gasteiger partial charge < -0.3 is 4.90 Å². The zero-order valence-corrected chi connectivity index (χ0v) is 8.29. The molecule has 0 aromatic carbocycles. The Bertz CT molecular complexity index is 392. The Kier molecular flexibility index (Phi) is 2.49. The summed E-state index contributed by atoms with van der Waals surface area (Å²) in [6.45, 7) is 0.176. The molecule has 2 heterocycles. The van der Waals surface area contributed by atoms with Crippen LogP contribution in [0.25, 0.3) is 10.4 Å². The summed E-state index contributed by atoms with van der Waals surface area (Å²) in [5.41, 5.74) is 8.07. The summed E-state index contributed by atoms with van der Waals surface area (Å²) in [5, 5.41) is 5.38. The van der Waals surface area contributed by atoms with E-state index in [0.29, 0.717) is 0 Å². The summed E-state index contributed by atoms with van der Waals surface area (Å²) in [6.07, 6.45) is 0. The molecule has 0 aromatic rings. The number of imide groups is 1. The third-order valence-corrected chi connectivity index (χ3v) is 2.86. The molecule has 84 valence electrons. The van der Waals surface area contributed by atoms with Crippen LogP contribution >= 0.6 is 0 Å². The number of rotatable bonds is 2. The molecule has 0 radical (unpaired) electrons. The van der Waals surface area contributed by atoms with Crippen molar-refractivity contribution in [2.45, 2.75) is 0 Å². The van der Waals surface area contributed by atoms with E-state index < -0.39 is 11.8 Å². The number of nitrogens with one attached hydrogen (secondary N) is 1. The summed E-state index contributed by atoms with van der Waals surface area (Å²) in [4.78, 5) is 37.9. The first kappa shape index (κ1) is 10.4. The van der Waals surface area contributed by atoms with Crippen LogP contribution in [0.15, 0.2) is 5.11 Å². The van der Waals surface area contributed by atoms with Gasteiger partial charge >= 0.3 is 0 Å². The SMILES string of the molecule is [N-]=[N+]=NCC(=O)N1CC2C(=O)NC(=O)C2C1. The van der Waals surface area contributed by atoms with Gasteiger partial charge in [-0.3, -0.25) is 19.7 Å². The molecule has 3 amide bonds. The maximum absolute atomic E-state index is 11.5. The molecule has 0 aliphatic carbocycles. The smallest absolute Gasteiger partial charge is 0.232 e. The van der Waals surface area contributed by atoms with E-state index in [2.05, 4.69) is 15.3 Å². The average molecular weight is 223 g/mol. The van der Waals surface area contributed by atoms with Crippen molar-refractivity contribution in [1.29, 1.82) is 0 Å². The van der Waals surface area contributed by atoms with Gasteiger partial charge in [0, 0.05) is 18.0 Å². The van der Waals surface area contributed by atoms with Gasteiger partial charge in [-0.1, -0.05) is 5.11 Å². The third-order valence-electron chi connectivity index (χ3n) is 2.86. The van der Waals surface area contributed by atoms with Crippen molar-refractivity contribution < 1.29 is 14.4 Å². The maximum Gasteiger partial charge on any atom is 0.232 e. The molecule has 2 unspecified atom stereocenters. The molecule has 16 heavy (non-hydrogen) atoms. The van der Waals surface area contributed by atoms with Gasteiger partial charge in [0.25, 0.3) is 0 Å².